The van der Waals surface area contributed by atoms with Crippen LogP contribution in [0.4, 0.5) is 4.39 Å². The highest BCUT2D eigenvalue weighted by Gasteiger charge is 2.27. The Kier molecular flexibility index (Phi) is 16.7. The number of carbonyl (C=O) groups is 2. The van der Waals surface area contributed by atoms with E-state index in [1.807, 2.05) is 19.1 Å². The van der Waals surface area contributed by atoms with E-state index in [1.165, 1.54) is 51.4 Å². The zero-order chi connectivity index (χ0) is 31.4. The van der Waals surface area contributed by atoms with Gasteiger partial charge < -0.3 is 18.9 Å². The molecule has 244 valence electrons. The van der Waals surface area contributed by atoms with Gasteiger partial charge in [-0.2, -0.15) is 0 Å². The van der Waals surface area contributed by atoms with E-state index in [9.17, 15) is 14.0 Å². The predicted molar refractivity (Wildman–Crippen MR) is 172 cm³/mol. The molecule has 44 heavy (non-hydrogen) atoms. The van der Waals surface area contributed by atoms with Crippen molar-refractivity contribution in [1.82, 2.24) is 0 Å². The van der Waals surface area contributed by atoms with Gasteiger partial charge in [0.25, 0.3) is 0 Å². The summed E-state index contributed by atoms with van der Waals surface area (Å²) in [6.45, 7) is 5.46. The number of carbonyl (C=O) groups excluding carboxylic acids is 2. The van der Waals surface area contributed by atoms with Gasteiger partial charge in [0.2, 0.25) is 0 Å². The van der Waals surface area contributed by atoms with E-state index < -0.39 is 18.1 Å². The van der Waals surface area contributed by atoms with Gasteiger partial charge in [-0.15, -0.1) is 0 Å². The van der Waals surface area contributed by atoms with Crippen molar-refractivity contribution in [3.63, 3.8) is 0 Å². The SMILES string of the molecule is CCCCCCCCCCCOc1ccc(C(=O)Oc2ccc(OCC3CCC(OC(=O)[C@@H](F)CCCC)CC3)cc2)cc1. The van der Waals surface area contributed by atoms with Gasteiger partial charge in [-0.05, 0) is 93.0 Å². The molecule has 1 aliphatic rings. The average Bonchev–Trinajstić information content (AvgIpc) is 3.05. The summed E-state index contributed by atoms with van der Waals surface area (Å²) in [4.78, 5) is 24.6. The normalized spacial score (nSPS) is 17.1. The molecule has 1 saturated carbocycles. The van der Waals surface area contributed by atoms with Crippen LogP contribution in [0.5, 0.6) is 17.2 Å². The number of unbranched alkanes of at least 4 members (excludes halogenated alkanes) is 9. The fourth-order valence-electron chi connectivity index (χ4n) is 5.43. The molecule has 1 aliphatic carbocycles. The fourth-order valence-corrected chi connectivity index (χ4v) is 5.43. The zero-order valence-electron chi connectivity index (χ0n) is 26.9. The molecule has 1 atom stereocenters. The highest BCUT2D eigenvalue weighted by atomic mass is 19.1. The van der Waals surface area contributed by atoms with Crippen molar-refractivity contribution in [3.05, 3.63) is 54.1 Å². The molecule has 2 aromatic rings. The van der Waals surface area contributed by atoms with Gasteiger partial charge in [0, 0.05) is 0 Å². The van der Waals surface area contributed by atoms with Crippen LogP contribution in [0.2, 0.25) is 0 Å². The molecule has 0 radical (unpaired) electrons. The molecule has 6 nitrogen and oxygen atoms in total. The maximum atomic E-state index is 13.9. The monoisotopic (exact) mass is 612 g/mol. The quantitative estimate of drug-likeness (QED) is 0.0794. The highest BCUT2D eigenvalue weighted by molar-refractivity contribution is 5.91. The lowest BCUT2D eigenvalue weighted by Crippen LogP contribution is -2.30. The second kappa shape index (κ2) is 20.8. The number of ether oxygens (including phenoxy) is 4. The minimum atomic E-state index is -1.52. The molecular weight excluding hydrogens is 559 g/mol. The van der Waals surface area contributed by atoms with Crippen LogP contribution < -0.4 is 14.2 Å². The molecule has 1 fully saturated rings. The van der Waals surface area contributed by atoms with Crippen LogP contribution in [-0.4, -0.2) is 37.4 Å². The maximum absolute atomic E-state index is 13.9. The van der Waals surface area contributed by atoms with Crippen molar-refractivity contribution < 1.29 is 32.9 Å². The molecule has 0 aliphatic heterocycles. The van der Waals surface area contributed by atoms with Crippen LogP contribution >= 0.6 is 0 Å². The summed E-state index contributed by atoms with van der Waals surface area (Å²) >= 11 is 0. The van der Waals surface area contributed by atoms with Gasteiger partial charge in [0.05, 0.1) is 18.8 Å². The summed E-state index contributed by atoms with van der Waals surface area (Å²) in [5.74, 6) is 1.10. The van der Waals surface area contributed by atoms with Crippen molar-refractivity contribution in [3.8, 4) is 17.2 Å². The number of benzene rings is 2. The lowest BCUT2D eigenvalue weighted by Gasteiger charge is -2.28. The molecular formula is C37H53FO6. The molecule has 3 rings (SSSR count). The molecule has 0 heterocycles. The topological polar surface area (TPSA) is 71.1 Å². The fraction of sp³-hybridized carbons (Fsp3) is 0.622. The molecule has 0 aromatic heterocycles. The van der Waals surface area contributed by atoms with Gasteiger partial charge in [0.15, 0.2) is 6.17 Å². The van der Waals surface area contributed by atoms with Crippen LogP contribution in [-0.2, 0) is 9.53 Å². The first-order valence-electron chi connectivity index (χ1n) is 17.0. The molecule has 0 bridgehead atoms. The first-order valence-corrected chi connectivity index (χ1v) is 17.0. The molecule has 0 amide bonds. The van der Waals surface area contributed by atoms with Crippen LogP contribution in [0.3, 0.4) is 0 Å². The molecule has 0 spiro atoms. The second-order valence-corrected chi connectivity index (χ2v) is 12.1. The van der Waals surface area contributed by atoms with Crippen LogP contribution in [0.25, 0.3) is 0 Å². The van der Waals surface area contributed by atoms with Gasteiger partial charge in [-0.1, -0.05) is 78.1 Å². The van der Waals surface area contributed by atoms with Crippen molar-refractivity contribution in [2.75, 3.05) is 13.2 Å². The van der Waals surface area contributed by atoms with Crippen molar-refractivity contribution in [2.45, 2.75) is 129 Å². The van der Waals surface area contributed by atoms with Crippen LogP contribution in [0.1, 0.15) is 127 Å². The summed E-state index contributed by atoms with van der Waals surface area (Å²) in [6, 6.07) is 14.1. The second-order valence-electron chi connectivity index (χ2n) is 12.1. The number of esters is 2. The largest absolute Gasteiger partial charge is 0.494 e. The van der Waals surface area contributed by atoms with E-state index in [1.54, 1.807) is 36.4 Å². The highest BCUT2D eigenvalue weighted by Crippen LogP contribution is 2.28. The Morgan fingerprint density at radius 1 is 0.705 bits per heavy atom. The van der Waals surface area contributed by atoms with E-state index >= 15 is 0 Å². The van der Waals surface area contributed by atoms with E-state index in [4.69, 9.17) is 18.9 Å². The smallest absolute Gasteiger partial charge is 0.343 e. The Morgan fingerprint density at radius 2 is 1.25 bits per heavy atom. The minimum Gasteiger partial charge on any atom is -0.494 e. The molecule has 0 N–H and O–H groups in total. The zero-order valence-corrected chi connectivity index (χ0v) is 26.9. The number of halogens is 1. The lowest BCUT2D eigenvalue weighted by atomic mass is 9.88. The summed E-state index contributed by atoms with van der Waals surface area (Å²) in [6.07, 6.45) is 14.7. The first-order chi connectivity index (χ1) is 21.5. The molecule has 7 heteroatoms. The van der Waals surface area contributed by atoms with E-state index in [-0.39, 0.29) is 12.5 Å². The van der Waals surface area contributed by atoms with Crippen molar-refractivity contribution >= 4 is 11.9 Å². The third kappa shape index (κ3) is 13.7. The van der Waals surface area contributed by atoms with E-state index in [0.717, 1.165) is 44.3 Å². The van der Waals surface area contributed by atoms with E-state index in [2.05, 4.69) is 6.92 Å². The van der Waals surface area contributed by atoms with Crippen molar-refractivity contribution in [2.24, 2.45) is 5.92 Å². The lowest BCUT2D eigenvalue weighted by molar-refractivity contribution is -0.157. The van der Waals surface area contributed by atoms with Gasteiger partial charge in [0.1, 0.15) is 23.4 Å². The predicted octanol–water partition coefficient (Wildman–Crippen LogP) is 9.82. The number of rotatable bonds is 21. The van der Waals surface area contributed by atoms with Gasteiger partial charge >= 0.3 is 11.9 Å². The molecule has 0 unspecified atom stereocenters. The van der Waals surface area contributed by atoms with Crippen molar-refractivity contribution in [1.29, 1.82) is 0 Å². The Hall–Kier alpha value is -3.09. The third-order valence-corrected chi connectivity index (χ3v) is 8.27. The van der Waals surface area contributed by atoms with Crippen LogP contribution in [0.15, 0.2) is 48.5 Å². The minimum absolute atomic E-state index is 0.208. The number of hydrogen-bond donors (Lipinski definition) is 0. The Bertz CT molecular complexity index is 1060. The third-order valence-electron chi connectivity index (χ3n) is 8.27. The standard InChI is InChI=1S/C37H53FO6/c1-3-5-7-8-9-10-11-12-13-27-41-31-21-17-30(18-22-31)36(39)43-34-25-23-32(24-26-34)42-28-29-15-19-33(20-16-29)44-37(40)35(38)14-6-4-2/h17-18,21-26,29,33,35H,3-16,19-20,27-28H2,1-2H3/t29?,33?,35-/m0/s1. The molecule has 2 aromatic carbocycles. The Morgan fingerprint density at radius 3 is 1.89 bits per heavy atom. The summed E-state index contributed by atoms with van der Waals surface area (Å²) in [5.41, 5.74) is 0.463. The maximum Gasteiger partial charge on any atom is 0.343 e. The Balaban J connectivity index is 1.28. The van der Waals surface area contributed by atoms with Gasteiger partial charge in [-0.3, -0.25) is 0 Å². The summed E-state index contributed by atoms with van der Waals surface area (Å²) in [5, 5.41) is 0. The Labute approximate surface area is 264 Å². The molecule has 0 saturated heterocycles. The number of alkyl halides is 1. The number of hydrogen-bond acceptors (Lipinski definition) is 6. The average molecular weight is 613 g/mol. The van der Waals surface area contributed by atoms with Crippen LogP contribution in [0, 0.1) is 5.92 Å². The van der Waals surface area contributed by atoms with E-state index in [0.29, 0.717) is 42.6 Å². The first kappa shape index (κ1) is 35.4. The summed E-state index contributed by atoms with van der Waals surface area (Å²) in [7, 11) is 0. The summed E-state index contributed by atoms with van der Waals surface area (Å²) < 4.78 is 36.6. The van der Waals surface area contributed by atoms with Gasteiger partial charge in [-0.25, -0.2) is 14.0 Å².